The minimum absolute atomic E-state index is 0.501. The first-order valence-corrected chi connectivity index (χ1v) is 9.40. The Hall–Kier alpha value is -3.40. The smallest absolute Gasteiger partial charge is 0.258 e. The van der Waals surface area contributed by atoms with E-state index in [1.807, 2.05) is 37.3 Å². The number of nitrogens with zero attached hydrogens (tertiary/aromatic N) is 2. The molecular weight excluding hydrogens is 348 g/mol. The van der Waals surface area contributed by atoms with E-state index in [1.165, 1.54) is 22.3 Å². The van der Waals surface area contributed by atoms with Crippen molar-refractivity contribution in [2.75, 3.05) is 6.61 Å². The lowest BCUT2D eigenvalue weighted by atomic mass is 9.95. The van der Waals surface area contributed by atoms with Crippen molar-refractivity contribution in [2.45, 2.75) is 20.8 Å². The van der Waals surface area contributed by atoms with Gasteiger partial charge in [0.05, 0.1) is 12.2 Å². The van der Waals surface area contributed by atoms with Gasteiger partial charge in [-0.2, -0.15) is 4.98 Å². The maximum atomic E-state index is 5.68. The molecule has 4 heteroatoms. The van der Waals surface area contributed by atoms with Gasteiger partial charge in [-0.25, -0.2) is 0 Å². The zero-order valence-corrected chi connectivity index (χ0v) is 16.3. The molecule has 0 amide bonds. The number of benzene rings is 3. The maximum absolute atomic E-state index is 5.68. The fourth-order valence-corrected chi connectivity index (χ4v) is 3.36. The maximum Gasteiger partial charge on any atom is 0.258 e. The van der Waals surface area contributed by atoms with Crippen LogP contribution in [-0.2, 0) is 0 Å². The Morgan fingerprint density at radius 3 is 2.29 bits per heavy atom. The molecule has 0 N–H and O–H groups in total. The van der Waals surface area contributed by atoms with Crippen molar-refractivity contribution in [1.29, 1.82) is 0 Å². The van der Waals surface area contributed by atoms with E-state index in [9.17, 15) is 0 Å². The van der Waals surface area contributed by atoms with Crippen LogP contribution in [0.15, 0.2) is 71.3 Å². The van der Waals surface area contributed by atoms with E-state index < -0.39 is 0 Å². The molecule has 0 aliphatic rings. The van der Waals surface area contributed by atoms with Crippen LogP contribution in [0, 0.1) is 13.8 Å². The lowest BCUT2D eigenvalue weighted by molar-refractivity contribution is 0.341. The minimum Gasteiger partial charge on any atom is -0.493 e. The number of ether oxygens (including phenoxy) is 1. The molecule has 0 saturated carbocycles. The highest BCUT2D eigenvalue weighted by Crippen LogP contribution is 2.32. The Morgan fingerprint density at radius 1 is 0.821 bits per heavy atom. The molecule has 0 saturated heterocycles. The zero-order valence-electron chi connectivity index (χ0n) is 16.3. The van der Waals surface area contributed by atoms with E-state index in [-0.39, 0.29) is 0 Å². The third-order valence-electron chi connectivity index (χ3n) is 4.76. The summed E-state index contributed by atoms with van der Waals surface area (Å²) in [5, 5.41) is 4.16. The fourth-order valence-electron chi connectivity index (χ4n) is 3.36. The number of para-hydroxylation sites is 1. The zero-order chi connectivity index (χ0) is 19.5. The van der Waals surface area contributed by atoms with Gasteiger partial charge in [0.15, 0.2) is 0 Å². The third-order valence-corrected chi connectivity index (χ3v) is 4.76. The van der Waals surface area contributed by atoms with Crippen LogP contribution in [0.4, 0.5) is 0 Å². The van der Waals surface area contributed by atoms with Crippen LogP contribution in [-0.4, -0.2) is 16.7 Å². The monoisotopic (exact) mass is 370 g/mol. The number of rotatable bonds is 5. The lowest BCUT2D eigenvalue weighted by Crippen LogP contribution is -1.94. The molecule has 4 aromatic rings. The molecule has 140 valence electrons. The van der Waals surface area contributed by atoms with Crippen LogP contribution in [0.3, 0.4) is 0 Å². The van der Waals surface area contributed by atoms with Crippen molar-refractivity contribution in [3.05, 3.63) is 77.9 Å². The Morgan fingerprint density at radius 2 is 1.54 bits per heavy atom. The molecule has 0 atom stereocenters. The molecule has 4 nitrogen and oxygen atoms in total. The van der Waals surface area contributed by atoms with Crippen molar-refractivity contribution in [1.82, 2.24) is 10.1 Å². The Labute approximate surface area is 164 Å². The largest absolute Gasteiger partial charge is 0.493 e. The minimum atomic E-state index is 0.501. The molecule has 0 unspecified atom stereocenters. The average Bonchev–Trinajstić information content (AvgIpc) is 3.19. The van der Waals surface area contributed by atoms with Crippen LogP contribution < -0.4 is 4.74 Å². The Kier molecular flexibility index (Phi) is 4.94. The van der Waals surface area contributed by atoms with Gasteiger partial charge in [-0.15, -0.1) is 0 Å². The van der Waals surface area contributed by atoms with E-state index in [4.69, 9.17) is 9.26 Å². The number of aromatic nitrogens is 2. The summed E-state index contributed by atoms with van der Waals surface area (Å²) in [5.74, 6) is 1.78. The molecule has 4 rings (SSSR count). The predicted molar refractivity (Wildman–Crippen MR) is 111 cm³/mol. The molecule has 0 bridgehead atoms. The summed E-state index contributed by atoms with van der Waals surface area (Å²) < 4.78 is 11.2. The van der Waals surface area contributed by atoms with Gasteiger partial charge in [0, 0.05) is 5.56 Å². The first kappa shape index (κ1) is 18.0. The molecule has 0 radical (unpaired) electrons. The van der Waals surface area contributed by atoms with Crippen LogP contribution in [0.2, 0.25) is 0 Å². The Balaban J connectivity index is 1.69. The molecule has 1 aromatic heterocycles. The molecule has 0 aliphatic heterocycles. The van der Waals surface area contributed by atoms with Crippen LogP contribution in [0.25, 0.3) is 34.0 Å². The first-order valence-electron chi connectivity index (χ1n) is 9.40. The fraction of sp³-hybridized carbons (Fsp3) is 0.167. The highest BCUT2D eigenvalue weighted by atomic mass is 16.5. The summed E-state index contributed by atoms with van der Waals surface area (Å²) in [7, 11) is 0. The van der Waals surface area contributed by atoms with Gasteiger partial charge in [-0.3, -0.25) is 0 Å². The van der Waals surface area contributed by atoms with E-state index in [2.05, 4.69) is 60.4 Å². The third kappa shape index (κ3) is 3.41. The van der Waals surface area contributed by atoms with Gasteiger partial charge in [-0.05, 0) is 67.3 Å². The summed E-state index contributed by atoms with van der Waals surface area (Å²) in [6.07, 6.45) is 0. The molecule has 28 heavy (non-hydrogen) atoms. The summed E-state index contributed by atoms with van der Waals surface area (Å²) >= 11 is 0. The van der Waals surface area contributed by atoms with E-state index in [0.717, 1.165) is 16.9 Å². The molecular formula is C24H22N2O2. The van der Waals surface area contributed by atoms with Gasteiger partial charge in [0.2, 0.25) is 5.82 Å². The van der Waals surface area contributed by atoms with Crippen LogP contribution in [0.1, 0.15) is 18.1 Å². The highest BCUT2D eigenvalue weighted by Gasteiger charge is 2.15. The molecule has 0 fully saturated rings. The standard InChI is InChI=1S/C24H22N2O2/c1-4-27-22-12-8-7-11-21(22)23-25-24(28-26-23)18-13-14-20(17(3)15-18)19-10-6-5-9-16(19)2/h5-15H,4H2,1-3H3. The van der Waals surface area contributed by atoms with Crippen molar-refractivity contribution >= 4 is 0 Å². The Bertz CT molecular complexity index is 1120. The predicted octanol–water partition coefficient (Wildman–Crippen LogP) is 6.09. The van der Waals surface area contributed by atoms with Gasteiger partial charge >= 0.3 is 0 Å². The van der Waals surface area contributed by atoms with Crippen LogP contribution >= 0.6 is 0 Å². The number of hydrogen-bond acceptors (Lipinski definition) is 4. The quantitative estimate of drug-likeness (QED) is 0.427. The second kappa shape index (κ2) is 7.69. The van der Waals surface area contributed by atoms with E-state index in [0.29, 0.717) is 18.3 Å². The molecule has 0 aliphatic carbocycles. The average molecular weight is 370 g/mol. The summed E-state index contributed by atoms with van der Waals surface area (Å²) in [6, 6.07) is 22.4. The summed E-state index contributed by atoms with van der Waals surface area (Å²) in [6.45, 7) is 6.77. The molecule has 1 heterocycles. The SMILES string of the molecule is CCOc1ccccc1-c1noc(-c2ccc(-c3ccccc3C)c(C)c2)n1. The van der Waals surface area contributed by atoms with Crippen molar-refractivity contribution in [3.8, 4) is 39.7 Å². The van der Waals surface area contributed by atoms with Crippen molar-refractivity contribution in [3.63, 3.8) is 0 Å². The van der Waals surface area contributed by atoms with Gasteiger partial charge in [0.1, 0.15) is 5.75 Å². The summed E-state index contributed by atoms with van der Waals surface area (Å²) in [5.41, 5.74) is 6.61. The van der Waals surface area contributed by atoms with E-state index >= 15 is 0 Å². The normalized spacial score (nSPS) is 10.8. The van der Waals surface area contributed by atoms with Gasteiger partial charge in [-0.1, -0.05) is 47.6 Å². The highest BCUT2D eigenvalue weighted by molar-refractivity contribution is 5.74. The van der Waals surface area contributed by atoms with Crippen LogP contribution in [0.5, 0.6) is 5.75 Å². The van der Waals surface area contributed by atoms with Crippen molar-refractivity contribution in [2.24, 2.45) is 0 Å². The lowest BCUT2D eigenvalue weighted by Gasteiger charge is -2.10. The molecule has 0 spiro atoms. The first-order chi connectivity index (χ1) is 13.7. The van der Waals surface area contributed by atoms with Crippen molar-refractivity contribution < 1.29 is 9.26 Å². The topological polar surface area (TPSA) is 48.2 Å². The number of hydrogen-bond donors (Lipinski definition) is 0. The second-order valence-corrected chi connectivity index (χ2v) is 6.70. The second-order valence-electron chi connectivity index (χ2n) is 6.70. The van der Waals surface area contributed by atoms with Gasteiger partial charge < -0.3 is 9.26 Å². The number of aryl methyl sites for hydroxylation is 2. The van der Waals surface area contributed by atoms with E-state index in [1.54, 1.807) is 0 Å². The van der Waals surface area contributed by atoms with Gasteiger partial charge in [0.25, 0.3) is 5.89 Å². The molecule has 3 aromatic carbocycles. The summed E-state index contributed by atoms with van der Waals surface area (Å²) in [4.78, 5) is 4.60.